The number of unbranched alkanes of at least 4 members (excludes halogenated alkanes) is 2. The fourth-order valence-corrected chi connectivity index (χ4v) is 4.44. The minimum Gasteiger partial charge on any atom is -0.393 e. The van der Waals surface area contributed by atoms with Gasteiger partial charge in [-0.1, -0.05) is 86.8 Å². The fraction of sp³-hybridized carbons (Fsp3) is 0.478. The van der Waals surface area contributed by atoms with Crippen LogP contribution in [0.2, 0.25) is 0 Å². The monoisotopic (exact) mass is 337 g/mol. The van der Waals surface area contributed by atoms with Crippen LogP contribution in [0.15, 0.2) is 60.7 Å². The Bertz CT molecular complexity index is 627. The van der Waals surface area contributed by atoms with Crippen molar-refractivity contribution in [3.63, 3.8) is 0 Å². The van der Waals surface area contributed by atoms with Gasteiger partial charge in [0.2, 0.25) is 0 Å². The lowest BCUT2D eigenvalue weighted by Gasteiger charge is -2.47. The van der Waals surface area contributed by atoms with E-state index in [4.69, 9.17) is 0 Å². The van der Waals surface area contributed by atoms with Gasteiger partial charge in [0, 0.05) is 18.0 Å². The van der Waals surface area contributed by atoms with Gasteiger partial charge in [0.15, 0.2) is 0 Å². The van der Waals surface area contributed by atoms with Crippen molar-refractivity contribution in [2.24, 2.45) is 5.92 Å². The molecule has 1 aliphatic rings. The molecule has 25 heavy (non-hydrogen) atoms. The molecule has 3 rings (SSSR count). The molecule has 0 saturated carbocycles. The third kappa shape index (κ3) is 4.13. The molecule has 0 unspecified atom stereocenters. The first-order valence-electron chi connectivity index (χ1n) is 9.72. The first-order valence-corrected chi connectivity index (χ1v) is 9.72. The summed E-state index contributed by atoms with van der Waals surface area (Å²) >= 11 is 0. The van der Waals surface area contributed by atoms with E-state index in [1.807, 2.05) is 0 Å². The first kappa shape index (κ1) is 18.2. The van der Waals surface area contributed by atoms with Gasteiger partial charge in [-0.05, 0) is 31.0 Å². The molecule has 0 bridgehead atoms. The van der Waals surface area contributed by atoms with E-state index in [1.165, 1.54) is 30.4 Å². The molecule has 1 saturated heterocycles. The Labute approximate surface area is 152 Å². The summed E-state index contributed by atoms with van der Waals surface area (Å²) in [5.74, 6) is 0.305. The standard InChI is InChI=1S/C23H31NO/c1-3-4-7-16-20-22(25)17-21(18-12-8-5-9-13-18)24(2)23(20)19-14-10-6-11-15-19/h5-6,8-15,20-23,25H,3-4,7,16-17H2,1-2H3/t20-,21+,22-,23+/m1/s1. The highest BCUT2D eigenvalue weighted by atomic mass is 16.3. The molecule has 4 atom stereocenters. The Morgan fingerprint density at radius 1 is 0.920 bits per heavy atom. The number of rotatable bonds is 6. The molecule has 2 nitrogen and oxygen atoms in total. The Morgan fingerprint density at radius 3 is 2.12 bits per heavy atom. The van der Waals surface area contributed by atoms with Gasteiger partial charge in [0.1, 0.15) is 0 Å². The van der Waals surface area contributed by atoms with E-state index in [1.54, 1.807) is 0 Å². The van der Waals surface area contributed by atoms with E-state index in [2.05, 4.69) is 79.5 Å². The summed E-state index contributed by atoms with van der Waals surface area (Å²) in [7, 11) is 2.23. The molecule has 2 aromatic rings. The van der Waals surface area contributed by atoms with E-state index in [0.717, 1.165) is 12.8 Å². The van der Waals surface area contributed by atoms with Gasteiger partial charge in [-0.25, -0.2) is 0 Å². The van der Waals surface area contributed by atoms with Crippen molar-refractivity contribution in [1.29, 1.82) is 0 Å². The third-order valence-corrected chi connectivity index (χ3v) is 5.76. The lowest BCUT2D eigenvalue weighted by molar-refractivity contribution is -0.0445. The molecular weight excluding hydrogens is 306 g/mol. The van der Waals surface area contributed by atoms with Crippen molar-refractivity contribution in [3.8, 4) is 0 Å². The Hall–Kier alpha value is -1.64. The van der Waals surface area contributed by atoms with Gasteiger partial charge in [-0.2, -0.15) is 0 Å². The zero-order valence-corrected chi connectivity index (χ0v) is 15.5. The van der Waals surface area contributed by atoms with Crippen LogP contribution in [0.4, 0.5) is 0 Å². The van der Waals surface area contributed by atoms with Crippen LogP contribution in [-0.4, -0.2) is 23.2 Å². The van der Waals surface area contributed by atoms with Crippen molar-refractivity contribution in [1.82, 2.24) is 4.90 Å². The minimum atomic E-state index is -0.247. The van der Waals surface area contributed by atoms with E-state index in [-0.39, 0.29) is 18.2 Å². The maximum Gasteiger partial charge on any atom is 0.0604 e. The van der Waals surface area contributed by atoms with E-state index < -0.39 is 0 Å². The second-order valence-electron chi connectivity index (χ2n) is 7.41. The van der Waals surface area contributed by atoms with Crippen molar-refractivity contribution in [2.45, 2.75) is 57.2 Å². The number of hydrogen-bond donors (Lipinski definition) is 1. The van der Waals surface area contributed by atoms with Gasteiger partial charge in [-0.3, -0.25) is 4.90 Å². The zero-order valence-electron chi connectivity index (χ0n) is 15.5. The number of hydrogen-bond acceptors (Lipinski definition) is 2. The number of likely N-dealkylation sites (tertiary alicyclic amines) is 1. The summed E-state index contributed by atoms with van der Waals surface area (Å²) in [6.45, 7) is 2.24. The minimum absolute atomic E-state index is 0.247. The number of nitrogens with zero attached hydrogens (tertiary/aromatic N) is 1. The molecule has 0 spiro atoms. The summed E-state index contributed by atoms with van der Waals surface area (Å²) in [5.41, 5.74) is 2.63. The Balaban J connectivity index is 1.90. The largest absolute Gasteiger partial charge is 0.393 e. The second-order valence-corrected chi connectivity index (χ2v) is 7.41. The lowest BCUT2D eigenvalue weighted by atomic mass is 9.76. The van der Waals surface area contributed by atoms with E-state index in [0.29, 0.717) is 5.92 Å². The molecule has 134 valence electrons. The Morgan fingerprint density at radius 2 is 1.52 bits per heavy atom. The molecule has 0 radical (unpaired) electrons. The third-order valence-electron chi connectivity index (χ3n) is 5.76. The summed E-state index contributed by atoms with van der Waals surface area (Å²) in [5, 5.41) is 11.0. The molecular formula is C23H31NO. The van der Waals surface area contributed by atoms with Crippen LogP contribution in [0.25, 0.3) is 0 Å². The average molecular weight is 338 g/mol. The van der Waals surface area contributed by atoms with E-state index >= 15 is 0 Å². The zero-order chi connectivity index (χ0) is 17.6. The average Bonchev–Trinajstić information content (AvgIpc) is 2.66. The topological polar surface area (TPSA) is 23.5 Å². The van der Waals surface area contributed by atoms with Crippen LogP contribution in [0.3, 0.4) is 0 Å². The van der Waals surface area contributed by atoms with Gasteiger partial charge >= 0.3 is 0 Å². The van der Waals surface area contributed by atoms with Crippen LogP contribution >= 0.6 is 0 Å². The maximum absolute atomic E-state index is 11.0. The van der Waals surface area contributed by atoms with Crippen LogP contribution in [0.1, 0.15) is 62.2 Å². The van der Waals surface area contributed by atoms with Crippen molar-refractivity contribution < 1.29 is 5.11 Å². The van der Waals surface area contributed by atoms with Crippen molar-refractivity contribution >= 4 is 0 Å². The molecule has 1 N–H and O–H groups in total. The van der Waals surface area contributed by atoms with Crippen LogP contribution in [0.5, 0.6) is 0 Å². The predicted octanol–water partition coefficient (Wildman–Crippen LogP) is 5.36. The van der Waals surface area contributed by atoms with Gasteiger partial charge in [0.25, 0.3) is 0 Å². The van der Waals surface area contributed by atoms with Gasteiger partial charge < -0.3 is 5.11 Å². The molecule has 1 aliphatic heterocycles. The van der Waals surface area contributed by atoms with Crippen molar-refractivity contribution in [3.05, 3.63) is 71.8 Å². The summed E-state index contributed by atoms with van der Waals surface area (Å²) in [6.07, 6.45) is 5.34. The van der Waals surface area contributed by atoms with Gasteiger partial charge in [0.05, 0.1) is 6.10 Å². The molecule has 1 heterocycles. The first-order chi connectivity index (χ1) is 12.2. The molecule has 2 aromatic carbocycles. The SMILES string of the molecule is CCCCC[C@@H]1[C@H](O)C[C@@H](c2ccccc2)N(C)[C@H]1c1ccccc1. The van der Waals surface area contributed by atoms with E-state index in [9.17, 15) is 5.11 Å². The highest BCUT2D eigenvalue weighted by molar-refractivity contribution is 5.25. The lowest BCUT2D eigenvalue weighted by Crippen LogP contribution is -2.45. The highest BCUT2D eigenvalue weighted by Gasteiger charge is 2.41. The van der Waals surface area contributed by atoms with Gasteiger partial charge in [-0.15, -0.1) is 0 Å². The highest BCUT2D eigenvalue weighted by Crippen LogP contribution is 2.45. The molecule has 2 heteroatoms. The maximum atomic E-state index is 11.0. The molecule has 0 aromatic heterocycles. The number of benzene rings is 2. The predicted molar refractivity (Wildman–Crippen MR) is 104 cm³/mol. The molecule has 0 amide bonds. The summed E-state index contributed by atoms with van der Waals surface area (Å²) in [4.78, 5) is 2.49. The quantitative estimate of drug-likeness (QED) is 0.717. The fourth-order valence-electron chi connectivity index (χ4n) is 4.44. The summed E-state index contributed by atoms with van der Waals surface area (Å²) < 4.78 is 0. The number of piperidine rings is 1. The second kappa shape index (κ2) is 8.64. The number of aliphatic hydroxyl groups is 1. The van der Waals surface area contributed by atoms with Crippen LogP contribution < -0.4 is 0 Å². The molecule has 0 aliphatic carbocycles. The van der Waals surface area contributed by atoms with Crippen LogP contribution in [-0.2, 0) is 0 Å². The van der Waals surface area contributed by atoms with Crippen molar-refractivity contribution in [2.75, 3.05) is 7.05 Å². The molecule has 1 fully saturated rings. The normalized spacial score (nSPS) is 27.3. The summed E-state index contributed by atoms with van der Waals surface area (Å²) in [6, 6.07) is 21.9. The smallest absolute Gasteiger partial charge is 0.0604 e. The Kier molecular flexibility index (Phi) is 6.28. The van der Waals surface area contributed by atoms with Crippen LogP contribution in [0, 0.1) is 5.92 Å². The number of aliphatic hydroxyl groups excluding tert-OH is 1.